The van der Waals surface area contributed by atoms with Crippen LogP contribution in [-0.2, 0) is 0 Å². The van der Waals surface area contributed by atoms with Crippen LogP contribution in [0.1, 0.15) is 0 Å². The van der Waals surface area contributed by atoms with Crippen LogP contribution in [0.15, 0.2) is 52.5 Å². The van der Waals surface area contributed by atoms with Crippen molar-refractivity contribution in [3.63, 3.8) is 0 Å². The van der Waals surface area contributed by atoms with Gasteiger partial charge in [-0.3, -0.25) is 0 Å². The van der Waals surface area contributed by atoms with Gasteiger partial charge >= 0.3 is 0 Å². The average Bonchev–Trinajstić information content (AvgIpc) is 2.89. The fourth-order valence-corrected chi connectivity index (χ4v) is 9.22. The monoisotopic (exact) mass is 376 g/mol. The minimum atomic E-state index is -1.81. The lowest BCUT2D eigenvalue weighted by molar-refractivity contribution is 0.511. The Kier molecular flexibility index (Phi) is 4.04. The van der Waals surface area contributed by atoms with Crippen LogP contribution in [0.3, 0.4) is 0 Å². The summed E-state index contributed by atoms with van der Waals surface area (Å²) in [5, 5.41) is 2.38. The zero-order valence-electron chi connectivity index (χ0n) is 11.8. The maximum atomic E-state index is 6.56. The second-order valence-corrected chi connectivity index (χ2v) is 13.2. The average molecular weight is 378 g/mol. The first-order chi connectivity index (χ1) is 9.78. The minimum Gasteiger partial charge on any atom is -0.0946 e. The minimum absolute atomic E-state index is 0.0164. The maximum Gasteiger partial charge on any atom is 0.160 e. The summed E-state index contributed by atoms with van der Waals surface area (Å²) >= 11 is 25.9. The van der Waals surface area contributed by atoms with Crippen LogP contribution in [0.25, 0.3) is 0 Å². The van der Waals surface area contributed by atoms with Gasteiger partial charge in [-0.05, 0) is 5.54 Å². The number of halogens is 4. The Morgan fingerprint density at radius 3 is 2.24 bits per heavy atom. The van der Waals surface area contributed by atoms with E-state index in [4.69, 9.17) is 46.4 Å². The Bertz CT molecular complexity index is 618. The molecule has 0 amide bonds. The summed E-state index contributed by atoms with van der Waals surface area (Å²) in [5.74, 6) is 0.152. The zero-order valence-corrected chi connectivity index (χ0v) is 15.8. The van der Waals surface area contributed by atoms with Crippen molar-refractivity contribution in [3.8, 4) is 0 Å². The number of allylic oxidation sites excluding steroid dienone is 4. The highest BCUT2D eigenvalue weighted by Gasteiger charge is 2.57. The number of alkyl halides is 2. The fraction of sp³-hybridized carbons (Fsp3) is 0.375. The van der Waals surface area contributed by atoms with Gasteiger partial charge in [0.25, 0.3) is 0 Å². The van der Waals surface area contributed by atoms with E-state index in [2.05, 4.69) is 49.5 Å². The highest BCUT2D eigenvalue weighted by Crippen LogP contribution is 2.62. The summed E-state index contributed by atoms with van der Waals surface area (Å²) < 4.78 is -1.12. The molecule has 1 aromatic rings. The second-order valence-electron chi connectivity index (χ2n) is 6.33. The van der Waals surface area contributed by atoms with Gasteiger partial charge in [-0.2, -0.15) is 0 Å². The van der Waals surface area contributed by atoms with Crippen LogP contribution in [0.5, 0.6) is 0 Å². The van der Waals surface area contributed by atoms with Gasteiger partial charge in [0.15, 0.2) is 4.33 Å². The van der Waals surface area contributed by atoms with Crippen LogP contribution in [0.4, 0.5) is 0 Å². The van der Waals surface area contributed by atoms with Crippen LogP contribution in [-0.4, -0.2) is 12.4 Å². The normalized spacial score (nSPS) is 30.9. The van der Waals surface area contributed by atoms with Crippen molar-refractivity contribution in [1.82, 2.24) is 0 Å². The van der Waals surface area contributed by atoms with E-state index in [9.17, 15) is 0 Å². The summed E-state index contributed by atoms with van der Waals surface area (Å²) in [6, 6.07) is 10.6. The third kappa shape index (κ3) is 2.33. The first kappa shape index (κ1) is 16.0. The summed E-state index contributed by atoms with van der Waals surface area (Å²) in [4.78, 5) is 0. The number of hydrogen-bond donors (Lipinski definition) is 0. The fourth-order valence-electron chi connectivity index (χ4n) is 3.70. The van der Waals surface area contributed by atoms with E-state index < -0.39 is 12.4 Å². The zero-order chi connectivity index (χ0) is 15.4. The van der Waals surface area contributed by atoms with E-state index in [1.54, 1.807) is 0 Å². The molecule has 3 rings (SSSR count). The van der Waals surface area contributed by atoms with E-state index in [1.807, 2.05) is 6.07 Å². The molecular formula is C16H16Cl4Si. The molecule has 1 aromatic carbocycles. The van der Waals surface area contributed by atoms with Crippen LogP contribution < -0.4 is 5.19 Å². The SMILES string of the molecule is C[Si](C)(c1ccccc1)C1[C@@H]2C=C[C@H]1C(Cl)(Cl)C(Cl)=C2Cl. The van der Waals surface area contributed by atoms with Crippen LogP contribution in [0.2, 0.25) is 18.6 Å². The molecule has 0 fully saturated rings. The molecule has 0 N–H and O–H groups in total. The lowest BCUT2D eigenvalue weighted by Crippen LogP contribution is -2.53. The summed E-state index contributed by atoms with van der Waals surface area (Å²) in [5.41, 5.74) is 0.324. The van der Waals surface area contributed by atoms with Gasteiger partial charge in [0.2, 0.25) is 0 Å². The Balaban J connectivity index is 2.10. The molecule has 5 heteroatoms. The topological polar surface area (TPSA) is 0 Å². The van der Waals surface area contributed by atoms with Gasteiger partial charge in [0, 0.05) is 16.9 Å². The molecule has 112 valence electrons. The lowest BCUT2D eigenvalue weighted by atomic mass is 9.91. The number of rotatable bonds is 2. The van der Waals surface area contributed by atoms with E-state index in [0.29, 0.717) is 15.6 Å². The third-order valence-electron chi connectivity index (χ3n) is 4.86. The van der Waals surface area contributed by atoms with E-state index in [-0.39, 0.29) is 11.8 Å². The Hall–Kier alpha value is 0.0769. The standard InChI is InChI=1S/C16H16Cl4Si/c1-21(2,10-6-4-3-5-7-10)14-11-8-9-12(14)16(19,20)15(18)13(11)17/h3-9,11-12,14H,1-2H3/t11-,12-,14?/m1/s1. The molecule has 1 unspecified atom stereocenters. The quantitative estimate of drug-likeness (QED) is 0.354. The molecule has 0 saturated carbocycles. The molecule has 0 aromatic heterocycles. The largest absolute Gasteiger partial charge is 0.160 e. The maximum absolute atomic E-state index is 6.56. The van der Waals surface area contributed by atoms with Gasteiger partial charge in [-0.15, -0.1) is 0 Å². The molecule has 0 nitrogen and oxygen atoms in total. The number of benzene rings is 1. The Morgan fingerprint density at radius 1 is 1.00 bits per heavy atom. The van der Waals surface area contributed by atoms with E-state index in [0.717, 1.165) is 0 Å². The van der Waals surface area contributed by atoms with Gasteiger partial charge in [-0.25, -0.2) is 0 Å². The first-order valence-corrected chi connectivity index (χ1v) is 11.5. The second kappa shape index (κ2) is 5.32. The summed E-state index contributed by atoms with van der Waals surface area (Å²) in [6.07, 6.45) is 4.23. The molecule has 0 saturated heterocycles. The molecule has 2 aliphatic carbocycles. The highest BCUT2D eigenvalue weighted by atomic mass is 35.5. The molecule has 0 aliphatic heterocycles. The smallest absolute Gasteiger partial charge is 0.0946 e. The number of hydrogen-bond acceptors (Lipinski definition) is 0. The van der Waals surface area contributed by atoms with Gasteiger partial charge in [-0.1, -0.05) is 107 Å². The van der Waals surface area contributed by atoms with Gasteiger partial charge in [0.05, 0.1) is 13.1 Å². The molecule has 0 spiro atoms. The Morgan fingerprint density at radius 2 is 1.62 bits per heavy atom. The van der Waals surface area contributed by atoms with Gasteiger partial charge < -0.3 is 0 Å². The summed E-state index contributed by atoms with van der Waals surface area (Å²) in [6.45, 7) is 4.71. The first-order valence-electron chi connectivity index (χ1n) is 6.95. The molecule has 21 heavy (non-hydrogen) atoms. The lowest BCUT2D eigenvalue weighted by Gasteiger charge is -2.45. The van der Waals surface area contributed by atoms with Crippen molar-refractivity contribution in [3.05, 3.63) is 52.5 Å². The predicted octanol–water partition coefficient (Wildman–Crippen LogP) is 5.65. The molecule has 2 bridgehead atoms. The molecular weight excluding hydrogens is 362 g/mol. The van der Waals surface area contributed by atoms with Crippen molar-refractivity contribution >= 4 is 59.7 Å². The number of fused-ring (bicyclic) bond motifs is 2. The molecule has 2 aliphatic rings. The van der Waals surface area contributed by atoms with Gasteiger partial charge in [0.1, 0.15) is 0 Å². The predicted molar refractivity (Wildman–Crippen MR) is 96.6 cm³/mol. The third-order valence-corrected chi connectivity index (χ3v) is 11.2. The van der Waals surface area contributed by atoms with Crippen molar-refractivity contribution in [1.29, 1.82) is 0 Å². The molecule has 0 heterocycles. The van der Waals surface area contributed by atoms with Crippen molar-refractivity contribution in [2.24, 2.45) is 11.8 Å². The van der Waals surface area contributed by atoms with Crippen LogP contribution >= 0.6 is 46.4 Å². The Labute approximate surface area is 146 Å². The van der Waals surface area contributed by atoms with E-state index >= 15 is 0 Å². The molecule has 0 radical (unpaired) electrons. The molecule has 3 atom stereocenters. The van der Waals surface area contributed by atoms with E-state index in [1.165, 1.54) is 5.19 Å². The van der Waals surface area contributed by atoms with Crippen molar-refractivity contribution in [2.45, 2.75) is 23.0 Å². The summed E-state index contributed by atoms with van der Waals surface area (Å²) in [7, 11) is -1.81. The van der Waals surface area contributed by atoms with Crippen molar-refractivity contribution < 1.29 is 0 Å². The van der Waals surface area contributed by atoms with Crippen molar-refractivity contribution in [2.75, 3.05) is 0 Å². The highest BCUT2D eigenvalue weighted by molar-refractivity contribution is 6.91. The van der Waals surface area contributed by atoms with Crippen LogP contribution in [0, 0.1) is 11.8 Å².